The Hall–Kier alpha value is -2.72. The van der Waals surface area contributed by atoms with Crippen LogP contribution < -0.4 is 15.0 Å². The number of nitrogens with zero attached hydrogens (tertiary/aromatic N) is 3. The Labute approximate surface area is 232 Å². The van der Waals surface area contributed by atoms with Gasteiger partial charge in [-0.3, -0.25) is 4.79 Å². The average Bonchev–Trinajstić information content (AvgIpc) is 2.88. The molecule has 0 aliphatic heterocycles. The standard InChI is InChI=1S/C27H29Br2N3O5/c1-16(2)37-25(33)15-36-24-13-21(29)18(11-23(24)35-3)14-30-32-26(17-7-5-4-6-8-17)31-22-10-9-19(28)12-20(22)27(32)34/h9-14,16-17H,4-8,15H2,1-3H3. The van der Waals surface area contributed by atoms with E-state index in [-0.39, 0.29) is 24.2 Å². The number of esters is 1. The third kappa shape index (κ3) is 6.59. The second-order valence-corrected chi connectivity index (χ2v) is 10.9. The molecule has 0 atom stereocenters. The van der Waals surface area contributed by atoms with Gasteiger partial charge in [0.05, 0.1) is 30.3 Å². The quantitative estimate of drug-likeness (QED) is 0.217. The SMILES string of the molecule is COc1cc(C=Nn2c(C3CCCCC3)nc3ccc(Br)cc3c2=O)c(Br)cc1OCC(=O)OC(C)C. The summed E-state index contributed by atoms with van der Waals surface area (Å²) < 4.78 is 19.1. The molecular formula is C27H29Br2N3O5. The van der Waals surface area contributed by atoms with Gasteiger partial charge in [-0.25, -0.2) is 9.78 Å². The first kappa shape index (κ1) is 27.3. The molecule has 0 saturated heterocycles. The van der Waals surface area contributed by atoms with Crippen molar-refractivity contribution in [1.29, 1.82) is 0 Å². The molecule has 1 heterocycles. The van der Waals surface area contributed by atoms with Gasteiger partial charge < -0.3 is 14.2 Å². The molecule has 8 nitrogen and oxygen atoms in total. The summed E-state index contributed by atoms with van der Waals surface area (Å²) in [6, 6.07) is 8.95. The molecule has 0 unspecified atom stereocenters. The lowest BCUT2D eigenvalue weighted by molar-refractivity contribution is -0.149. The molecule has 1 fully saturated rings. The minimum absolute atomic E-state index is 0.172. The fourth-order valence-electron chi connectivity index (χ4n) is 4.38. The molecule has 1 aromatic heterocycles. The number of carbonyl (C=O) groups excluding carboxylic acids is 1. The van der Waals surface area contributed by atoms with Gasteiger partial charge in [-0.1, -0.05) is 35.2 Å². The van der Waals surface area contributed by atoms with Crippen molar-refractivity contribution in [3.8, 4) is 11.5 Å². The first-order valence-electron chi connectivity index (χ1n) is 12.2. The number of carbonyl (C=O) groups is 1. The largest absolute Gasteiger partial charge is 0.493 e. The highest BCUT2D eigenvalue weighted by Crippen LogP contribution is 2.34. The van der Waals surface area contributed by atoms with E-state index < -0.39 is 5.97 Å². The van der Waals surface area contributed by atoms with E-state index in [1.54, 1.807) is 38.3 Å². The van der Waals surface area contributed by atoms with Crippen LogP contribution in [0, 0.1) is 0 Å². The van der Waals surface area contributed by atoms with Crippen molar-refractivity contribution in [1.82, 2.24) is 9.66 Å². The van der Waals surface area contributed by atoms with Gasteiger partial charge in [0.25, 0.3) is 5.56 Å². The summed E-state index contributed by atoms with van der Waals surface area (Å²) in [5.74, 6) is 1.18. The summed E-state index contributed by atoms with van der Waals surface area (Å²) in [5, 5.41) is 5.10. The monoisotopic (exact) mass is 633 g/mol. The van der Waals surface area contributed by atoms with E-state index in [4.69, 9.17) is 19.2 Å². The summed E-state index contributed by atoms with van der Waals surface area (Å²) in [5.41, 5.74) is 1.13. The number of aromatic nitrogens is 2. The number of benzene rings is 2. The zero-order chi connectivity index (χ0) is 26.5. The number of rotatable bonds is 8. The van der Waals surface area contributed by atoms with Crippen LogP contribution in [0.3, 0.4) is 0 Å². The van der Waals surface area contributed by atoms with Crippen LogP contribution >= 0.6 is 31.9 Å². The summed E-state index contributed by atoms with van der Waals surface area (Å²) in [7, 11) is 1.51. The summed E-state index contributed by atoms with van der Waals surface area (Å²) >= 11 is 6.99. The lowest BCUT2D eigenvalue weighted by atomic mass is 9.88. The van der Waals surface area contributed by atoms with Crippen molar-refractivity contribution < 1.29 is 19.0 Å². The smallest absolute Gasteiger partial charge is 0.344 e. The summed E-state index contributed by atoms with van der Waals surface area (Å²) in [6.45, 7) is 3.31. The van der Waals surface area contributed by atoms with Gasteiger partial charge in [-0.2, -0.15) is 9.78 Å². The molecular weight excluding hydrogens is 606 g/mol. The number of hydrogen-bond acceptors (Lipinski definition) is 7. The molecule has 1 saturated carbocycles. The summed E-state index contributed by atoms with van der Waals surface area (Å²) in [4.78, 5) is 30.3. The predicted octanol–water partition coefficient (Wildman–Crippen LogP) is 6.19. The number of fused-ring (bicyclic) bond motifs is 1. The molecule has 0 radical (unpaired) electrons. The van der Waals surface area contributed by atoms with Crippen molar-refractivity contribution in [2.75, 3.05) is 13.7 Å². The molecule has 1 aliphatic rings. The van der Waals surface area contributed by atoms with Crippen LogP contribution in [-0.4, -0.2) is 41.7 Å². The topological polar surface area (TPSA) is 92.0 Å². The van der Waals surface area contributed by atoms with Crippen molar-refractivity contribution in [2.45, 2.75) is 58.0 Å². The van der Waals surface area contributed by atoms with Crippen LogP contribution in [0.25, 0.3) is 10.9 Å². The van der Waals surface area contributed by atoms with Crippen molar-refractivity contribution in [3.05, 3.63) is 61.0 Å². The fourth-order valence-corrected chi connectivity index (χ4v) is 5.16. The first-order valence-corrected chi connectivity index (χ1v) is 13.8. The summed E-state index contributed by atoms with van der Waals surface area (Å²) in [6.07, 6.45) is 6.74. The maximum absolute atomic E-state index is 13.5. The lowest BCUT2D eigenvalue weighted by Crippen LogP contribution is -2.25. The molecule has 10 heteroatoms. The van der Waals surface area contributed by atoms with Gasteiger partial charge in [0, 0.05) is 20.4 Å². The van der Waals surface area contributed by atoms with Crippen molar-refractivity contribution in [3.63, 3.8) is 0 Å². The van der Waals surface area contributed by atoms with Crippen molar-refractivity contribution in [2.24, 2.45) is 5.10 Å². The number of halogens is 2. The second kappa shape index (κ2) is 12.2. The van der Waals surface area contributed by atoms with E-state index in [1.807, 2.05) is 12.1 Å². The van der Waals surface area contributed by atoms with Crippen molar-refractivity contribution >= 4 is 54.9 Å². The Morgan fingerprint density at radius 1 is 1.16 bits per heavy atom. The molecule has 0 amide bonds. The molecule has 196 valence electrons. The zero-order valence-corrected chi connectivity index (χ0v) is 24.2. The minimum atomic E-state index is -0.469. The van der Waals surface area contributed by atoms with E-state index in [1.165, 1.54) is 18.2 Å². The van der Waals surface area contributed by atoms with E-state index in [9.17, 15) is 9.59 Å². The normalized spacial score (nSPS) is 14.4. The lowest BCUT2D eigenvalue weighted by Gasteiger charge is -2.22. The van der Waals surface area contributed by atoms with E-state index in [2.05, 4.69) is 37.0 Å². The van der Waals surface area contributed by atoms with Gasteiger partial charge in [-0.15, -0.1) is 0 Å². The van der Waals surface area contributed by atoms with Gasteiger partial charge in [0.2, 0.25) is 0 Å². The molecule has 1 aliphatic carbocycles. The Bertz CT molecular complexity index is 1380. The van der Waals surface area contributed by atoms with Crippen LogP contribution in [0.5, 0.6) is 11.5 Å². The Kier molecular flexibility index (Phi) is 9.02. The van der Waals surface area contributed by atoms with E-state index in [0.29, 0.717) is 38.3 Å². The van der Waals surface area contributed by atoms with E-state index in [0.717, 1.165) is 30.2 Å². The van der Waals surface area contributed by atoms with Gasteiger partial charge in [-0.05, 0) is 73.0 Å². The molecule has 0 N–H and O–H groups in total. The average molecular weight is 635 g/mol. The van der Waals surface area contributed by atoms with E-state index >= 15 is 0 Å². The Morgan fingerprint density at radius 3 is 2.62 bits per heavy atom. The maximum Gasteiger partial charge on any atom is 0.344 e. The minimum Gasteiger partial charge on any atom is -0.493 e. The molecule has 0 bridgehead atoms. The highest BCUT2D eigenvalue weighted by atomic mass is 79.9. The number of hydrogen-bond donors (Lipinski definition) is 0. The number of ether oxygens (including phenoxy) is 3. The third-order valence-corrected chi connectivity index (χ3v) is 7.29. The predicted molar refractivity (Wildman–Crippen MR) is 150 cm³/mol. The second-order valence-electron chi connectivity index (χ2n) is 9.18. The molecule has 0 spiro atoms. The molecule has 37 heavy (non-hydrogen) atoms. The van der Waals surface area contributed by atoms with Crippen LogP contribution in [0.15, 0.2) is 49.2 Å². The van der Waals surface area contributed by atoms with Crippen LogP contribution in [0.1, 0.15) is 63.3 Å². The molecule has 4 rings (SSSR count). The number of methoxy groups -OCH3 is 1. The molecule has 2 aromatic carbocycles. The van der Waals surface area contributed by atoms with Crippen LogP contribution in [-0.2, 0) is 9.53 Å². The van der Waals surface area contributed by atoms with Crippen LogP contribution in [0.2, 0.25) is 0 Å². The highest BCUT2D eigenvalue weighted by molar-refractivity contribution is 9.10. The third-order valence-electron chi connectivity index (χ3n) is 6.11. The fraction of sp³-hybridized carbons (Fsp3) is 0.407. The highest BCUT2D eigenvalue weighted by Gasteiger charge is 2.23. The van der Waals surface area contributed by atoms with Crippen LogP contribution in [0.4, 0.5) is 0 Å². The molecule has 3 aromatic rings. The zero-order valence-electron chi connectivity index (χ0n) is 21.0. The van der Waals surface area contributed by atoms with Gasteiger partial charge in [0.1, 0.15) is 5.82 Å². The van der Waals surface area contributed by atoms with Gasteiger partial charge in [0.15, 0.2) is 18.1 Å². The Morgan fingerprint density at radius 2 is 1.92 bits per heavy atom. The van der Waals surface area contributed by atoms with Gasteiger partial charge >= 0.3 is 5.97 Å². The first-order chi connectivity index (χ1) is 17.8. The maximum atomic E-state index is 13.5. The Balaban J connectivity index is 1.70.